The van der Waals surface area contributed by atoms with E-state index in [4.69, 9.17) is 9.31 Å². The van der Waals surface area contributed by atoms with Crippen LogP contribution in [0.3, 0.4) is 0 Å². The van der Waals surface area contributed by atoms with Crippen LogP contribution in [0.5, 0.6) is 0 Å². The van der Waals surface area contributed by atoms with E-state index < -0.39 is 40.3 Å². The molecular weight excluding hydrogens is 661 g/mol. The number of unbranched alkanes of at least 4 members (excludes halogenated alkanes) is 1. The quantitative estimate of drug-likeness (QED) is 0.0677. The largest absolute Gasteiger partial charge is 0.457 e. The number of hydrogen-bond donors (Lipinski definition) is 2. The average Bonchev–Trinajstić information content (AvgIpc) is 3.68. The summed E-state index contributed by atoms with van der Waals surface area (Å²) in [7, 11) is -0.318. The normalized spacial score (nSPS) is 15.8. The number of hydrogen-bond acceptors (Lipinski definition) is 7. The maximum Gasteiger partial charge on any atom is 0.457 e. The van der Waals surface area contributed by atoms with Crippen molar-refractivity contribution in [2.24, 2.45) is 0 Å². The molecule has 4 aromatic carbocycles. The van der Waals surface area contributed by atoms with Gasteiger partial charge in [-0.2, -0.15) is 0 Å². The minimum atomic E-state index is -0.846. The van der Waals surface area contributed by atoms with Gasteiger partial charge in [-0.25, -0.2) is 13.5 Å². The van der Waals surface area contributed by atoms with Crippen molar-refractivity contribution in [3.63, 3.8) is 0 Å². The summed E-state index contributed by atoms with van der Waals surface area (Å²) >= 11 is 0. The van der Waals surface area contributed by atoms with Crippen molar-refractivity contribution < 1.29 is 22.9 Å². The molecule has 2 N–H and O–H groups in total. The third-order valence-corrected chi connectivity index (χ3v) is 10.2. The number of benzene rings is 4. The fraction of sp³-hybridized carbons (Fsp3) is 0.350. The first-order chi connectivity index (χ1) is 25.0. The maximum atomic E-state index is 14.3. The number of carbonyl (C=O) groups is 1. The van der Waals surface area contributed by atoms with Crippen molar-refractivity contribution in [2.45, 2.75) is 89.1 Å². The Hall–Kier alpha value is -4.78. The average molecular weight is 707 g/mol. The second-order valence-electron chi connectivity index (χ2n) is 14.2. The monoisotopic (exact) mass is 706 g/mol. The van der Waals surface area contributed by atoms with E-state index in [-0.39, 0.29) is 25.8 Å². The summed E-state index contributed by atoms with van der Waals surface area (Å²) < 4.78 is 42.6. The summed E-state index contributed by atoms with van der Waals surface area (Å²) in [5.41, 5.74) is 1.15. The van der Waals surface area contributed by atoms with Crippen LogP contribution in [0, 0.1) is 11.6 Å². The minimum absolute atomic E-state index is 0.215. The molecule has 0 bridgehead atoms. The zero-order chi connectivity index (χ0) is 36.8. The molecule has 12 heteroatoms. The Labute approximate surface area is 304 Å². The maximum absolute atomic E-state index is 14.3. The number of carbonyl (C=O) groups excluding carboxylic acids is 1. The second-order valence-corrected chi connectivity index (χ2v) is 14.2. The predicted molar refractivity (Wildman–Crippen MR) is 196 cm³/mol. The molecule has 1 aliphatic rings. The highest BCUT2D eigenvalue weighted by Crippen LogP contribution is 2.41. The molecule has 0 saturated carbocycles. The Morgan fingerprint density at radius 1 is 0.788 bits per heavy atom. The predicted octanol–water partition coefficient (Wildman–Crippen LogP) is 7.15. The lowest BCUT2D eigenvalue weighted by atomic mass is 9.76. The van der Waals surface area contributed by atoms with Gasteiger partial charge in [0.15, 0.2) is 5.82 Å². The fourth-order valence-corrected chi connectivity index (χ4v) is 6.74. The van der Waals surface area contributed by atoms with Crippen LogP contribution in [0.4, 0.5) is 8.78 Å². The summed E-state index contributed by atoms with van der Waals surface area (Å²) in [6.45, 7) is 7.63. The number of rotatable bonds is 15. The molecule has 1 unspecified atom stereocenters. The third-order valence-electron chi connectivity index (χ3n) is 10.2. The van der Waals surface area contributed by atoms with Crippen molar-refractivity contribution in [1.29, 1.82) is 0 Å². The molecule has 5 aromatic rings. The summed E-state index contributed by atoms with van der Waals surface area (Å²) in [6.07, 6.45) is 2.89. The van der Waals surface area contributed by atoms with E-state index in [1.165, 1.54) is 10.7 Å². The smallest absolute Gasteiger partial charge is 0.403 e. The van der Waals surface area contributed by atoms with Gasteiger partial charge in [-0.1, -0.05) is 110 Å². The number of aromatic nitrogens is 4. The molecule has 6 rings (SSSR count). The summed E-state index contributed by atoms with van der Waals surface area (Å²) in [5, 5.41) is 19.3. The lowest BCUT2D eigenvalue weighted by molar-refractivity contribution is -0.122. The highest BCUT2D eigenvalue weighted by Gasteiger charge is 2.50. The van der Waals surface area contributed by atoms with Gasteiger partial charge in [0.2, 0.25) is 5.91 Å². The van der Waals surface area contributed by atoms with Gasteiger partial charge in [0, 0.05) is 12.1 Å². The first-order valence-electron chi connectivity index (χ1n) is 17.8. The molecule has 52 heavy (non-hydrogen) atoms. The van der Waals surface area contributed by atoms with Crippen LogP contribution in [0.15, 0.2) is 109 Å². The van der Waals surface area contributed by atoms with Crippen LogP contribution in [-0.4, -0.2) is 44.4 Å². The summed E-state index contributed by atoms with van der Waals surface area (Å²) in [4.78, 5) is 13.2. The van der Waals surface area contributed by atoms with E-state index in [1.54, 1.807) is 0 Å². The van der Waals surface area contributed by atoms with Gasteiger partial charge in [0.25, 0.3) is 0 Å². The molecule has 0 spiro atoms. The molecule has 1 fully saturated rings. The molecule has 1 saturated heterocycles. The number of amides is 1. The molecule has 0 radical (unpaired) electrons. The Morgan fingerprint density at radius 3 is 1.83 bits per heavy atom. The van der Waals surface area contributed by atoms with Crippen LogP contribution >= 0.6 is 0 Å². The number of nitrogens with zero attached hydrogens (tertiary/aromatic N) is 4. The molecule has 270 valence electrons. The molecular formula is C40H45BF2N6O3. The van der Waals surface area contributed by atoms with Crippen LogP contribution in [-0.2, 0) is 32.7 Å². The number of tetrazole rings is 1. The standard InChI is InChI=1S/C40H45BF2N6O3/c1-38(2)39(3,4)52-41(51-38)26-15-14-25-35(37-46-47-48-49(37)28-36(50)44-27-32-33(42)23-16-24-34(32)43)45-40(29-17-8-5-9-18-29,30-19-10-6-11-20-30)31-21-12-7-13-22-31/h5-13,16-24,35,45H,14-15,25-28H2,1-4H3,(H,44,50). The molecule has 9 nitrogen and oxygen atoms in total. The second kappa shape index (κ2) is 15.9. The van der Waals surface area contributed by atoms with Crippen LogP contribution in [0.25, 0.3) is 0 Å². The molecule has 1 aromatic heterocycles. The minimum Gasteiger partial charge on any atom is -0.403 e. The zero-order valence-electron chi connectivity index (χ0n) is 30.1. The molecule has 1 atom stereocenters. The van der Waals surface area contributed by atoms with E-state index in [2.05, 4.69) is 62.6 Å². The van der Waals surface area contributed by atoms with E-state index in [0.717, 1.165) is 41.7 Å². The van der Waals surface area contributed by atoms with Crippen LogP contribution in [0.1, 0.15) is 81.1 Å². The zero-order valence-corrected chi connectivity index (χ0v) is 30.1. The first-order valence-corrected chi connectivity index (χ1v) is 17.8. The van der Waals surface area contributed by atoms with E-state index in [0.29, 0.717) is 18.6 Å². The van der Waals surface area contributed by atoms with Gasteiger partial charge in [-0.3, -0.25) is 10.1 Å². The topological polar surface area (TPSA) is 103 Å². The highest BCUT2D eigenvalue weighted by atomic mass is 19.1. The lowest BCUT2D eigenvalue weighted by Crippen LogP contribution is -2.47. The van der Waals surface area contributed by atoms with Crippen LogP contribution < -0.4 is 10.6 Å². The van der Waals surface area contributed by atoms with E-state index >= 15 is 0 Å². The highest BCUT2D eigenvalue weighted by molar-refractivity contribution is 6.45. The summed E-state index contributed by atoms with van der Waals surface area (Å²) in [5.74, 6) is -1.49. The van der Waals surface area contributed by atoms with Gasteiger partial charge in [0.05, 0.1) is 22.8 Å². The Balaban J connectivity index is 1.32. The molecule has 0 aliphatic carbocycles. The van der Waals surface area contributed by atoms with Crippen molar-refractivity contribution in [2.75, 3.05) is 0 Å². The van der Waals surface area contributed by atoms with Crippen molar-refractivity contribution in [3.05, 3.63) is 149 Å². The SMILES string of the molecule is CC1(C)OB(CCCCC(NC(c2ccccc2)(c2ccccc2)c2ccccc2)c2nnnn2CC(=O)NCc2c(F)cccc2F)OC1(C)C. The van der Waals surface area contributed by atoms with E-state index in [1.807, 2.05) is 82.3 Å². The van der Waals surface area contributed by atoms with Crippen molar-refractivity contribution >= 4 is 13.0 Å². The van der Waals surface area contributed by atoms with Gasteiger partial charge < -0.3 is 14.6 Å². The molecule has 1 aliphatic heterocycles. The molecule has 1 amide bonds. The Morgan fingerprint density at radius 2 is 1.31 bits per heavy atom. The van der Waals surface area contributed by atoms with Gasteiger partial charge in [0.1, 0.15) is 18.2 Å². The van der Waals surface area contributed by atoms with Gasteiger partial charge in [-0.15, -0.1) is 5.10 Å². The van der Waals surface area contributed by atoms with Crippen molar-refractivity contribution in [1.82, 2.24) is 30.8 Å². The van der Waals surface area contributed by atoms with Gasteiger partial charge >= 0.3 is 7.12 Å². The first kappa shape index (κ1) is 37.0. The third kappa shape index (κ3) is 7.99. The summed E-state index contributed by atoms with van der Waals surface area (Å²) in [6, 6.07) is 33.8. The lowest BCUT2D eigenvalue weighted by Gasteiger charge is -2.40. The number of nitrogens with one attached hydrogen (secondary N) is 2. The molecule has 2 heterocycles. The van der Waals surface area contributed by atoms with E-state index in [9.17, 15) is 13.6 Å². The Kier molecular flexibility index (Phi) is 11.3. The van der Waals surface area contributed by atoms with Gasteiger partial charge in [-0.05, 0) is 79.7 Å². The fourth-order valence-electron chi connectivity index (χ4n) is 6.74. The van der Waals surface area contributed by atoms with Crippen LogP contribution in [0.2, 0.25) is 6.32 Å². The Bertz CT molecular complexity index is 1790. The van der Waals surface area contributed by atoms with Crippen molar-refractivity contribution in [3.8, 4) is 0 Å². The number of halogens is 2.